The van der Waals surface area contributed by atoms with E-state index in [2.05, 4.69) is 24.9 Å². The van der Waals surface area contributed by atoms with Crippen LogP contribution >= 0.6 is 0 Å². The van der Waals surface area contributed by atoms with Crippen molar-refractivity contribution in [2.75, 3.05) is 12.8 Å². The Morgan fingerprint density at radius 2 is 2.12 bits per heavy atom. The molecule has 0 atom stereocenters. The van der Waals surface area contributed by atoms with Crippen LogP contribution in [0.3, 0.4) is 0 Å². The molecule has 2 aromatic rings. The zero-order valence-corrected chi connectivity index (χ0v) is 10.3. The summed E-state index contributed by atoms with van der Waals surface area (Å²) < 4.78 is 5.23. The summed E-state index contributed by atoms with van der Waals surface area (Å²) in [5, 5.41) is 1.02. The summed E-state index contributed by atoms with van der Waals surface area (Å²) in [5.41, 5.74) is 9.78. The molecule has 0 bridgehead atoms. The normalized spacial score (nSPS) is 10.3. The van der Waals surface area contributed by atoms with Gasteiger partial charge in [0.25, 0.3) is 0 Å². The van der Waals surface area contributed by atoms with Gasteiger partial charge in [-0.05, 0) is 31.5 Å². The molecule has 0 amide bonds. The van der Waals surface area contributed by atoms with Crippen LogP contribution in [-0.4, -0.2) is 12.1 Å². The molecular weight excluding hydrogens is 212 g/mol. The number of pyridine rings is 1. The van der Waals surface area contributed by atoms with Crippen molar-refractivity contribution in [3.8, 4) is 5.75 Å². The predicted octanol–water partition coefficient (Wildman–Crippen LogP) is 3.25. The van der Waals surface area contributed by atoms with E-state index >= 15 is 0 Å². The molecule has 1 aromatic heterocycles. The number of nitrogens with two attached hydrogens (primary N) is 1. The van der Waals surface area contributed by atoms with Gasteiger partial charge >= 0.3 is 0 Å². The largest absolute Gasteiger partial charge is 0.497 e. The number of allylic oxidation sites excluding steroid dienone is 1. The fourth-order valence-corrected chi connectivity index (χ4v) is 1.83. The lowest BCUT2D eigenvalue weighted by Crippen LogP contribution is -1.93. The predicted molar refractivity (Wildman–Crippen MR) is 72.0 cm³/mol. The number of rotatable bonds is 2. The molecule has 0 fully saturated rings. The highest BCUT2D eigenvalue weighted by Crippen LogP contribution is 2.28. The summed E-state index contributed by atoms with van der Waals surface area (Å²) in [5.74, 6) is 0.756. The Labute approximate surface area is 101 Å². The van der Waals surface area contributed by atoms with Gasteiger partial charge in [-0.3, -0.25) is 4.98 Å². The second-order valence-corrected chi connectivity index (χ2v) is 4.23. The summed E-state index contributed by atoms with van der Waals surface area (Å²) in [6.45, 7) is 4.13. The number of nitrogen functional groups attached to an aromatic ring is 1. The van der Waals surface area contributed by atoms with E-state index in [9.17, 15) is 0 Å². The van der Waals surface area contributed by atoms with E-state index in [1.165, 1.54) is 5.57 Å². The third kappa shape index (κ3) is 2.23. The maximum absolute atomic E-state index is 5.97. The van der Waals surface area contributed by atoms with Gasteiger partial charge in [-0.2, -0.15) is 0 Å². The molecule has 88 valence electrons. The SMILES string of the molecule is COc1cc(N)c2nccc(C=C(C)C)c2c1. The second kappa shape index (κ2) is 4.45. The van der Waals surface area contributed by atoms with Crippen molar-refractivity contribution in [2.24, 2.45) is 0 Å². The van der Waals surface area contributed by atoms with Crippen molar-refractivity contribution in [2.45, 2.75) is 13.8 Å². The number of hydrogen-bond donors (Lipinski definition) is 1. The molecule has 0 aliphatic rings. The Hall–Kier alpha value is -2.03. The first-order valence-corrected chi connectivity index (χ1v) is 5.49. The van der Waals surface area contributed by atoms with Crippen molar-refractivity contribution in [3.05, 3.63) is 35.5 Å². The molecular formula is C14H16N2O. The number of ether oxygens (including phenoxy) is 1. The molecule has 1 heterocycles. The van der Waals surface area contributed by atoms with Crippen LogP contribution in [0.15, 0.2) is 30.0 Å². The Morgan fingerprint density at radius 1 is 1.35 bits per heavy atom. The van der Waals surface area contributed by atoms with Crippen molar-refractivity contribution >= 4 is 22.7 Å². The van der Waals surface area contributed by atoms with Gasteiger partial charge in [-0.25, -0.2) is 0 Å². The minimum atomic E-state index is 0.642. The minimum absolute atomic E-state index is 0.642. The smallest absolute Gasteiger partial charge is 0.121 e. The number of benzene rings is 1. The molecule has 0 saturated carbocycles. The maximum atomic E-state index is 5.97. The summed E-state index contributed by atoms with van der Waals surface area (Å²) in [7, 11) is 1.64. The van der Waals surface area contributed by atoms with E-state index in [1.807, 2.05) is 12.1 Å². The summed E-state index contributed by atoms with van der Waals surface area (Å²) in [6, 6.07) is 5.74. The average molecular weight is 228 g/mol. The number of hydrogen-bond acceptors (Lipinski definition) is 3. The van der Waals surface area contributed by atoms with Crippen molar-refractivity contribution in [3.63, 3.8) is 0 Å². The van der Waals surface area contributed by atoms with E-state index in [0.717, 1.165) is 22.2 Å². The quantitative estimate of drug-likeness (QED) is 0.803. The lowest BCUT2D eigenvalue weighted by Gasteiger charge is -2.08. The van der Waals surface area contributed by atoms with Gasteiger partial charge < -0.3 is 10.5 Å². The second-order valence-electron chi connectivity index (χ2n) is 4.23. The van der Waals surface area contributed by atoms with Gasteiger partial charge in [0.15, 0.2) is 0 Å². The highest BCUT2D eigenvalue weighted by atomic mass is 16.5. The fourth-order valence-electron chi connectivity index (χ4n) is 1.83. The third-order valence-corrected chi connectivity index (χ3v) is 2.56. The third-order valence-electron chi connectivity index (χ3n) is 2.56. The van der Waals surface area contributed by atoms with Crippen LogP contribution < -0.4 is 10.5 Å². The zero-order valence-electron chi connectivity index (χ0n) is 10.3. The van der Waals surface area contributed by atoms with Crippen molar-refractivity contribution < 1.29 is 4.74 Å². The monoisotopic (exact) mass is 228 g/mol. The number of aromatic nitrogens is 1. The summed E-state index contributed by atoms with van der Waals surface area (Å²) >= 11 is 0. The lowest BCUT2D eigenvalue weighted by atomic mass is 10.1. The molecule has 0 aliphatic heterocycles. The zero-order chi connectivity index (χ0) is 12.4. The highest BCUT2D eigenvalue weighted by Gasteiger charge is 2.06. The Kier molecular flexibility index (Phi) is 3.00. The number of methoxy groups -OCH3 is 1. The lowest BCUT2D eigenvalue weighted by molar-refractivity contribution is 0.415. The van der Waals surface area contributed by atoms with Gasteiger partial charge in [0.1, 0.15) is 5.75 Å². The first-order valence-electron chi connectivity index (χ1n) is 5.49. The van der Waals surface area contributed by atoms with Crippen LogP contribution in [0.4, 0.5) is 5.69 Å². The van der Waals surface area contributed by atoms with E-state index in [1.54, 1.807) is 19.4 Å². The standard InChI is InChI=1S/C14H16N2O/c1-9(2)6-10-4-5-16-14-12(10)7-11(17-3)8-13(14)15/h4-8H,15H2,1-3H3. The number of nitrogens with zero attached hydrogens (tertiary/aromatic N) is 1. The summed E-state index contributed by atoms with van der Waals surface area (Å²) in [4.78, 5) is 4.31. The Morgan fingerprint density at radius 3 is 2.76 bits per heavy atom. The molecule has 3 nitrogen and oxygen atoms in total. The Balaban J connectivity index is 2.78. The number of anilines is 1. The van der Waals surface area contributed by atoms with Crippen molar-refractivity contribution in [1.29, 1.82) is 0 Å². The molecule has 2 N–H and O–H groups in total. The van der Waals surface area contributed by atoms with Crippen LogP contribution in [0, 0.1) is 0 Å². The molecule has 2 rings (SSSR count). The molecule has 0 unspecified atom stereocenters. The van der Waals surface area contributed by atoms with Gasteiger partial charge in [-0.1, -0.05) is 11.6 Å². The minimum Gasteiger partial charge on any atom is -0.497 e. The molecule has 0 radical (unpaired) electrons. The first kappa shape index (κ1) is 11.5. The van der Waals surface area contributed by atoms with Gasteiger partial charge in [0.05, 0.1) is 18.3 Å². The van der Waals surface area contributed by atoms with Crippen LogP contribution in [0.5, 0.6) is 5.75 Å². The highest BCUT2D eigenvalue weighted by molar-refractivity contribution is 5.96. The van der Waals surface area contributed by atoms with Crippen LogP contribution in [0.1, 0.15) is 19.4 Å². The van der Waals surface area contributed by atoms with Crippen LogP contribution in [0.25, 0.3) is 17.0 Å². The van der Waals surface area contributed by atoms with Gasteiger partial charge in [0, 0.05) is 17.6 Å². The topological polar surface area (TPSA) is 48.1 Å². The molecule has 1 aromatic carbocycles. The fraction of sp³-hybridized carbons (Fsp3) is 0.214. The average Bonchev–Trinajstić information content (AvgIpc) is 2.29. The maximum Gasteiger partial charge on any atom is 0.121 e. The molecule has 17 heavy (non-hydrogen) atoms. The molecule has 0 spiro atoms. The van der Waals surface area contributed by atoms with Gasteiger partial charge in [-0.15, -0.1) is 0 Å². The molecule has 3 heteroatoms. The van der Waals surface area contributed by atoms with Crippen LogP contribution in [0.2, 0.25) is 0 Å². The van der Waals surface area contributed by atoms with Gasteiger partial charge in [0.2, 0.25) is 0 Å². The first-order chi connectivity index (χ1) is 8.11. The number of fused-ring (bicyclic) bond motifs is 1. The van der Waals surface area contributed by atoms with E-state index < -0.39 is 0 Å². The van der Waals surface area contributed by atoms with Crippen molar-refractivity contribution in [1.82, 2.24) is 4.98 Å². The molecule has 0 saturated heterocycles. The van der Waals surface area contributed by atoms with E-state index in [-0.39, 0.29) is 0 Å². The molecule has 0 aliphatic carbocycles. The Bertz CT molecular complexity index is 584. The summed E-state index contributed by atoms with van der Waals surface area (Å²) in [6.07, 6.45) is 3.89. The van der Waals surface area contributed by atoms with E-state index in [0.29, 0.717) is 5.69 Å². The van der Waals surface area contributed by atoms with Crippen LogP contribution in [-0.2, 0) is 0 Å². The van der Waals surface area contributed by atoms with E-state index in [4.69, 9.17) is 10.5 Å².